The molecule has 4 heteroatoms. The molecule has 0 saturated carbocycles. The van der Waals surface area contributed by atoms with Gasteiger partial charge in [-0.15, -0.1) is 0 Å². The van der Waals surface area contributed by atoms with E-state index in [1.807, 2.05) is 19.9 Å². The smallest absolute Gasteiger partial charge is 0.0828 e. The van der Waals surface area contributed by atoms with Gasteiger partial charge in [0.25, 0.3) is 0 Å². The lowest BCUT2D eigenvalue weighted by Crippen LogP contribution is -2.48. The average Bonchev–Trinajstić information content (AvgIpc) is 2.08. The maximum Gasteiger partial charge on any atom is 0.0828 e. The monoisotopic (exact) mass is 193 g/mol. The van der Waals surface area contributed by atoms with Crippen molar-refractivity contribution < 1.29 is 4.74 Å². The van der Waals surface area contributed by atoms with E-state index in [1.54, 1.807) is 0 Å². The number of aryl methyl sites for hydroxylation is 2. The topological polar surface area (TPSA) is 47.0 Å². The SMILES string of the molecule is Cc1cc(COC2CNC2)c(C)nn1. The Hall–Kier alpha value is -1.00. The largest absolute Gasteiger partial charge is 0.371 e. The van der Waals surface area contributed by atoms with E-state index in [2.05, 4.69) is 15.5 Å². The van der Waals surface area contributed by atoms with Crippen molar-refractivity contribution in [2.24, 2.45) is 0 Å². The van der Waals surface area contributed by atoms with Gasteiger partial charge in [-0.25, -0.2) is 0 Å². The Morgan fingerprint density at radius 2 is 2.21 bits per heavy atom. The van der Waals surface area contributed by atoms with Gasteiger partial charge in [0.1, 0.15) is 0 Å². The lowest BCUT2D eigenvalue weighted by atomic mass is 10.2. The lowest BCUT2D eigenvalue weighted by molar-refractivity contribution is 0.00715. The fraction of sp³-hybridized carbons (Fsp3) is 0.600. The second-order valence-corrected chi connectivity index (χ2v) is 3.69. The highest BCUT2D eigenvalue weighted by molar-refractivity contribution is 5.18. The number of hydrogen-bond donors (Lipinski definition) is 1. The van der Waals surface area contributed by atoms with Gasteiger partial charge in [-0.05, 0) is 19.9 Å². The predicted octanol–water partition coefficient (Wildman–Crippen LogP) is 0.582. The molecular weight excluding hydrogens is 178 g/mol. The van der Waals surface area contributed by atoms with Gasteiger partial charge in [0, 0.05) is 18.7 Å². The van der Waals surface area contributed by atoms with Crippen molar-refractivity contribution in [2.75, 3.05) is 13.1 Å². The fourth-order valence-corrected chi connectivity index (χ4v) is 1.34. The Morgan fingerprint density at radius 3 is 2.86 bits per heavy atom. The third-order valence-corrected chi connectivity index (χ3v) is 2.42. The summed E-state index contributed by atoms with van der Waals surface area (Å²) in [7, 11) is 0. The van der Waals surface area contributed by atoms with Gasteiger partial charge in [-0.2, -0.15) is 10.2 Å². The van der Waals surface area contributed by atoms with E-state index in [1.165, 1.54) is 0 Å². The van der Waals surface area contributed by atoms with E-state index < -0.39 is 0 Å². The maximum atomic E-state index is 5.67. The Labute approximate surface area is 83.7 Å². The predicted molar refractivity (Wildman–Crippen MR) is 53.0 cm³/mol. The summed E-state index contributed by atoms with van der Waals surface area (Å²) in [5.74, 6) is 0. The molecule has 1 aliphatic rings. The zero-order valence-electron chi connectivity index (χ0n) is 8.58. The van der Waals surface area contributed by atoms with Crippen LogP contribution in [0.2, 0.25) is 0 Å². The van der Waals surface area contributed by atoms with Crippen LogP contribution in [-0.2, 0) is 11.3 Å². The van der Waals surface area contributed by atoms with Crippen LogP contribution in [0.15, 0.2) is 6.07 Å². The number of hydrogen-bond acceptors (Lipinski definition) is 4. The molecule has 0 radical (unpaired) electrons. The Bertz CT molecular complexity index is 323. The van der Waals surface area contributed by atoms with E-state index >= 15 is 0 Å². The van der Waals surface area contributed by atoms with E-state index in [9.17, 15) is 0 Å². The fourth-order valence-electron chi connectivity index (χ4n) is 1.34. The van der Waals surface area contributed by atoms with E-state index in [4.69, 9.17) is 4.74 Å². The molecular formula is C10H15N3O. The van der Waals surface area contributed by atoms with Crippen LogP contribution in [0.5, 0.6) is 0 Å². The highest BCUT2D eigenvalue weighted by atomic mass is 16.5. The van der Waals surface area contributed by atoms with Crippen LogP contribution in [0.4, 0.5) is 0 Å². The van der Waals surface area contributed by atoms with Crippen molar-refractivity contribution in [3.8, 4) is 0 Å². The normalized spacial score (nSPS) is 16.7. The molecule has 2 heterocycles. The molecule has 1 N–H and O–H groups in total. The standard InChI is InChI=1S/C10H15N3O/c1-7-3-9(8(2)13-12-7)6-14-10-4-11-5-10/h3,10-11H,4-6H2,1-2H3. The van der Waals surface area contributed by atoms with Crippen LogP contribution in [0.1, 0.15) is 17.0 Å². The summed E-state index contributed by atoms with van der Waals surface area (Å²) in [6, 6.07) is 2.04. The van der Waals surface area contributed by atoms with Crippen LogP contribution in [0, 0.1) is 13.8 Å². The molecule has 0 spiro atoms. The first-order valence-electron chi connectivity index (χ1n) is 4.88. The molecule has 1 saturated heterocycles. The molecule has 0 bridgehead atoms. The summed E-state index contributed by atoms with van der Waals surface area (Å²) in [4.78, 5) is 0. The van der Waals surface area contributed by atoms with Crippen molar-refractivity contribution in [1.82, 2.24) is 15.5 Å². The van der Waals surface area contributed by atoms with Crippen LogP contribution in [0.25, 0.3) is 0 Å². The van der Waals surface area contributed by atoms with Gasteiger partial charge in [-0.3, -0.25) is 0 Å². The number of nitrogens with one attached hydrogen (secondary N) is 1. The molecule has 0 amide bonds. The molecule has 0 atom stereocenters. The molecule has 2 rings (SSSR count). The Morgan fingerprint density at radius 1 is 1.43 bits per heavy atom. The van der Waals surface area contributed by atoms with E-state index in [0.717, 1.165) is 30.0 Å². The van der Waals surface area contributed by atoms with Crippen molar-refractivity contribution in [2.45, 2.75) is 26.6 Å². The molecule has 1 aromatic heterocycles. The second-order valence-electron chi connectivity index (χ2n) is 3.69. The minimum atomic E-state index is 0.378. The van der Waals surface area contributed by atoms with Gasteiger partial charge in [0.2, 0.25) is 0 Å². The van der Waals surface area contributed by atoms with Gasteiger partial charge >= 0.3 is 0 Å². The maximum absolute atomic E-state index is 5.67. The molecule has 0 aromatic carbocycles. The Kier molecular flexibility index (Phi) is 2.74. The summed E-state index contributed by atoms with van der Waals surface area (Å²) in [6.45, 7) is 6.49. The molecule has 76 valence electrons. The first-order valence-corrected chi connectivity index (χ1v) is 4.88. The second kappa shape index (κ2) is 4.02. The van der Waals surface area contributed by atoms with E-state index in [0.29, 0.717) is 12.7 Å². The number of ether oxygens (including phenoxy) is 1. The number of nitrogens with zero attached hydrogens (tertiary/aromatic N) is 2. The molecule has 4 nitrogen and oxygen atoms in total. The van der Waals surface area contributed by atoms with E-state index in [-0.39, 0.29) is 0 Å². The Balaban J connectivity index is 1.96. The van der Waals surface area contributed by atoms with Crippen LogP contribution in [0.3, 0.4) is 0 Å². The van der Waals surface area contributed by atoms with Gasteiger partial charge < -0.3 is 10.1 Å². The minimum absolute atomic E-state index is 0.378. The molecule has 1 aliphatic heterocycles. The first-order chi connectivity index (χ1) is 6.75. The molecule has 1 aromatic rings. The highest BCUT2D eigenvalue weighted by Crippen LogP contribution is 2.09. The van der Waals surface area contributed by atoms with Crippen molar-refractivity contribution in [1.29, 1.82) is 0 Å². The van der Waals surface area contributed by atoms with Crippen molar-refractivity contribution in [3.05, 3.63) is 23.0 Å². The van der Waals surface area contributed by atoms with Crippen LogP contribution < -0.4 is 5.32 Å². The zero-order valence-corrected chi connectivity index (χ0v) is 8.58. The van der Waals surface area contributed by atoms with Gasteiger partial charge in [-0.1, -0.05) is 0 Å². The quantitative estimate of drug-likeness (QED) is 0.763. The van der Waals surface area contributed by atoms with Crippen LogP contribution >= 0.6 is 0 Å². The van der Waals surface area contributed by atoms with Gasteiger partial charge in [0.15, 0.2) is 0 Å². The summed E-state index contributed by atoms with van der Waals surface area (Å²) >= 11 is 0. The van der Waals surface area contributed by atoms with Gasteiger partial charge in [0.05, 0.1) is 24.1 Å². The summed E-state index contributed by atoms with van der Waals surface area (Å²) in [5.41, 5.74) is 3.05. The van der Waals surface area contributed by atoms with Crippen molar-refractivity contribution >= 4 is 0 Å². The third-order valence-electron chi connectivity index (χ3n) is 2.42. The number of rotatable bonds is 3. The van der Waals surface area contributed by atoms with Crippen LogP contribution in [-0.4, -0.2) is 29.4 Å². The highest BCUT2D eigenvalue weighted by Gasteiger charge is 2.17. The lowest BCUT2D eigenvalue weighted by Gasteiger charge is -2.27. The summed E-state index contributed by atoms with van der Waals surface area (Å²) in [6.07, 6.45) is 0.378. The summed E-state index contributed by atoms with van der Waals surface area (Å²) < 4.78 is 5.67. The molecule has 1 fully saturated rings. The summed E-state index contributed by atoms with van der Waals surface area (Å²) in [5, 5.41) is 11.2. The van der Waals surface area contributed by atoms with Crippen molar-refractivity contribution in [3.63, 3.8) is 0 Å². The number of aromatic nitrogens is 2. The molecule has 14 heavy (non-hydrogen) atoms. The minimum Gasteiger partial charge on any atom is -0.371 e. The molecule has 0 aliphatic carbocycles. The zero-order chi connectivity index (χ0) is 9.97. The average molecular weight is 193 g/mol. The molecule has 0 unspecified atom stereocenters. The first kappa shape index (κ1) is 9.55. The third kappa shape index (κ3) is 2.08.